The summed E-state index contributed by atoms with van der Waals surface area (Å²) >= 11 is 3.31. The third kappa shape index (κ3) is 4.23. The quantitative estimate of drug-likeness (QED) is 0.832. The first-order valence-corrected chi connectivity index (χ1v) is 7.20. The molecule has 0 heterocycles. The Bertz CT molecular complexity index is 503. The lowest BCUT2D eigenvalue weighted by Crippen LogP contribution is -2.40. The lowest BCUT2D eigenvalue weighted by molar-refractivity contribution is -0.129. The lowest BCUT2D eigenvalue weighted by atomic mass is 10.1. The Labute approximate surface area is 127 Å². The minimum atomic E-state index is -0.164. The van der Waals surface area contributed by atoms with Crippen molar-refractivity contribution in [3.63, 3.8) is 0 Å². The van der Waals surface area contributed by atoms with Crippen LogP contribution in [0, 0.1) is 0 Å². The van der Waals surface area contributed by atoms with Crippen LogP contribution >= 0.6 is 15.9 Å². The van der Waals surface area contributed by atoms with Gasteiger partial charge in [0.25, 0.3) is 5.91 Å². The second kappa shape index (κ2) is 7.28. The topological polar surface area (TPSA) is 66.6 Å². The number of nitrogen functional groups attached to an aromatic ring is 1. The standard InChI is InChI=1S/C14H20BrN3O2/c1-4-7-18(9-13(19)17(2)3)14(20)10-5-6-12(16)11(15)8-10/h5-6,8H,4,7,9,16H2,1-3H3. The summed E-state index contributed by atoms with van der Waals surface area (Å²) in [6.45, 7) is 2.60. The van der Waals surface area contributed by atoms with E-state index in [4.69, 9.17) is 5.73 Å². The van der Waals surface area contributed by atoms with Gasteiger partial charge in [0, 0.05) is 36.4 Å². The van der Waals surface area contributed by atoms with Gasteiger partial charge in [0.15, 0.2) is 0 Å². The number of nitrogens with two attached hydrogens (primary N) is 1. The molecule has 0 aromatic heterocycles. The molecule has 0 unspecified atom stereocenters. The van der Waals surface area contributed by atoms with Gasteiger partial charge < -0.3 is 15.5 Å². The van der Waals surface area contributed by atoms with E-state index in [0.717, 1.165) is 6.42 Å². The molecule has 0 saturated heterocycles. The molecular formula is C14H20BrN3O2. The summed E-state index contributed by atoms with van der Waals surface area (Å²) < 4.78 is 0.679. The zero-order chi connectivity index (χ0) is 15.3. The molecule has 6 heteroatoms. The number of nitrogens with zero attached hydrogens (tertiary/aromatic N) is 2. The fourth-order valence-corrected chi connectivity index (χ4v) is 2.05. The van der Waals surface area contributed by atoms with Crippen molar-refractivity contribution < 1.29 is 9.59 Å². The van der Waals surface area contributed by atoms with Gasteiger partial charge in [-0.25, -0.2) is 0 Å². The van der Waals surface area contributed by atoms with Crippen LogP contribution in [0.2, 0.25) is 0 Å². The maximum Gasteiger partial charge on any atom is 0.254 e. The number of benzene rings is 1. The zero-order valence-electron chi connectivity index (χ0n) is 12.0. The molecule has 110 valence electrons. The highest BCUT2D eigenvalue weighted by Crippen LogP contribution is 2.21. The summed E-state index contributed by atoms with van der Waals surface area (Å²) in [4.78, 5) is 27.3. The van der Waals surface area contributed by atoms with Gasteiger partial charge in [0.1, 0.15) is 6.54 Å². The van der Waals surface area contributed by atoms with Crippen LogP contribution in [0.25, 0.3) is 0 Å². The predicted molar refractivity (Wildman–Crippen MR) is 83.4 cm³/mol. The van der Waals surface area contributed by atoms with E-state index in [-0.39, 0.29) is 18.4 Å². The molecule has 0 radical (unpaired) electrons. The van der Waals surface area contributed by atoms with E-state index in [1.54, 1.807) is 37.2 Å². The van der Waals surface area contributed by atoms with Crippen molar-refractivity contribution in [3.05, 3.63) is 28.2 Å². The van der Waals surface area contributed by atoms with Gasteiger partial charge in [-0.05, 0) is 40.5 Å². The highest BCUT2D eigenvalue weighted by Gasteiger charge is 2.19. The number of amides is 2. The number of hydrogen-bond donors (Lipinski definition) is 1. The van der Waals surface area contributed by atoms with Crippen molar-refractivity contribution in [1.29, 1.82) is 0 Å². The first kappa shape index (κ1) is 16.5. The van der Waals surface area contributed by atoms with Crippen LogP contribution in [-0.2, 0) is 4.79 Å². The summed E-state index contributed by atoms with van der Waals surface area (Å²) in [5.41, 5.74) is 6.81. The van der Waals surface area contributed by atoms with Crippen LogP contribution < -0.4 is 5.73 Å². The smallest absolute Gasteiger partial charge is 0.254 e. The van der Waals surface area contributed by atoms with E-state index >= 15 is 0 Å². The predicted octanol–water partition coefficient (Wildman–Crippen LogP) is 1.97. The molecule has 0 spiro atoms. The summed E-state index contributed by atoms with van der Waals surface area (Å²) in [5.74, 6) is -0.260. The Hall–Kier alpha value is -1.56. The van der Waals surface area contributed by atoms with Crippen LogP contribution in [0.5, 0.6) is 0 Å². The fourth-order valence-electron chi connectivity index (χ4n) is 1.67. The summed E-state index contributed by atoms with van der Waals surface area (Å²) in [6, 6.07) is 5.03. The molecule has 2 amide bonds. The molecule has 1 rings (SSSR count). The van der Waals surface area contributed by atoms with Gasteiger partial charge in [-0.2, -0.15) is 0 Å². The SMILES string of the molecule is CCCN(CC(=O)N(C)C)C(=O)c1ccc(N)c(Br)c1. The van der Waals surface area contributed by atoms with E-state index in [1.165, 1.54) is 4.90 Å². The number of likely N-dealkylation sites (N-methyl/N-ethyl adjacent to an activating group) is 1. The van der Waals surface area contributed by atoms with Gasteiger partial charge in [-0.15, -0.1) is 0 Å². The van der Waals surface area contributed by atoms with Crippen LogP contribution in [0.15, 0.2) is 22.7 Å². The Morgan fingerprint density at radius 1 is 1.30 bits per heavy atom. The maximum absolute atomic E-state index is 12.4. The molecular weight excluding hydrogens is 322 g/mol. The van der Waals surface area contributed by atoms with Gasteiger partial charge in [-0.1, -0.05) is 6.92 Å². The second-order valence-corrected chi connectivity index (χ2v) is 5.61. The third-order valence-electron chi connectivity index (χ3n) is 2.85. The molecule has 0 aliphatic rings. The molecule has 0 aliphatic carbocycles. The zero-order valence-corrected chi connectivity index (χ0v) is 13.6. The Kier molecular flexibility index (Phi) is 6.01. The largest absolute Gasteiger partial charge is 0.398 e. The highest BCUT2D eigenvalue weighted by molar-refractivity contribution is 9.10. The summed E-state index contributed by atoms with van der Waals surface area (Å²) in [7, 11) is 3.35. The van der Waals surface area contributed by atoms with E-state index < -0.39 is 0 Å². The fraction of sp³-hybridized carbons (Fsp3) is 0.429. The molecule has 0 fully saturated rings. The van der Waals surface area contributed by atoms with Crippen LogP contribution in [0.3, 0.4) is 0 Å². The first-order valence-electron chi connectivity index (χ1n) is 6.41. The average molecular weight is 342 g/mol. The van der Waals surface area contributed by atoms with Crippen LogP contribution in [0.4, 0.5) is 5.69 Å². The van der Waals surface area contributed by atoms with E-state index in [1.807, 2.05) is 6.92 Å². The molecule has 0 bridgehead atoms. The number of rotatable bonds is 5. The summed E-state index contributed by atoms with van der Waals surface area (Å²) in [6.07, 6.45) is 0.794. The van der Waals surface area contributed by atoms with Crippen LogP contribution in [-0.4, -0.2) is 48.8 Å². The van der Waals surface area contributed by atoms with Gasteiger partial charge in [0.05, 0.1) is 0 Å². The number of carbonyl (C=O) groups excluding carboxylic acids is 2. The van der Waals surface area contributed by atoms with Crippen molar-refractivity contribution in [2.75, 3.05) is 32.9 Å². The van der Waals surface area contributed by atoms with Crippen molar-refractivity contribution in [2.24, 2.45) is 0 Å². The number of carbonyl (C=O) groups is 2. The van der Waals surface area contributed by atoms with E-state index in [0.29, 0.717) is 22.3 Å². The van der Waals surface area contributed by atoms with Gasteiger partial charge >= 0.3 is 0 Å². The molecule has 0 saturated carbocycles. The Balaban J connectivity index is 2.92. The number of hydrogen-bond acceptors (Lipinski definition) is 3. The van der Waals surface area contributed by atoms with Crippen molar-refractivity contribution in [3.8, 4) is 0 Å². The molecule has 2 N–H and O–H groups in total. The lowest BCUT2D eigenvalue weighted by Gasteiger charge is -2.23. The molecule has 0 atom stereocenters. The molecule has 5 nitrogen and oxygen atoms in total. The van der Waals surface area contributed by atoms with Gasteiger partial charge in [0.2, 0.25) is 5.91 Å². The highest BCUT2D eigenvalue weighted by atomic mass is 79.9. The van der Waals surface area contributed by atoms with E-state index in [9.17, 15) is 9.59 Å². The minimum Gasteiger partial charge on any atom is -0.398 e. The average Bonchev–Trinajstić information content (AvgIpc) is 2.40. The monoisotopic (exact) mass is 341 g/mol. The Morgan fingerprint density at radius 2 is 1.95 bits per heavy atom. The number of halogens is 1. The maximum atomic E-state index is 12.4. The third-order valence-corrected chi connectivity index (χ3v) is 3.54. The Morgan fingerprint density at radius 3 is 2.45 bits per heavy atom. The molecule has 1 aromatic rings. The first-order chi connectivity index (χ1) is 9.36. The van der Waals surface area contributed by atoms with Crippen LogP contribution in [0.1, 0.15) is 23.7 Å². The van der Waals surface area contributed by atoms with E-state index in [2.05, 4.69) is 15.9 Å². The van der Waals surface area contributed by atoms with Crippen molar-refractivity contribution in [1.82, 2.24) is 9.80 Å². The summed E-state index contributed by atoms with van der Waals surface area (Å²) in [5, 5.41) is 0. The molecule has 1 aromatic carbocycles. The molecule has 20 heavy (non-hydrogen) atoms. The van der Waals surface area contributed by atoms with Gasteiger partial charge in [-0.3, -0.25) is 9.59 Å². The van der Waals surface area contributed by atoms with Crippen molar-refractivity contribution in [2.45, 2.75) is 13.3 Å². The van der Waals surface area contributed by atoms with Crippen molar-refractivity contribution >= 4 is 33.4 Å². The minimum absolute atomic E-state index is 0.0850. The number of anilines is 1. The molecule has 0 aliphatic heterocycles. The normalized spacial score (nSPS) is 10.2. The second-order valence-electron chi connectivity index (χ2n) is 4.75.